The van der Waals surface area contributed by atoms with E-state index >= 15 is 0 Å². The number of aromatic nitrogens is 1. The van der Waals surface area contributed by atoms with Crippen molar-refractivity contribution in [1.29, 1.82) is 0 Å². The third-order valence-electron chi connectivity index (χ3n) is 3.60. The van der Waals surface area contributed by atoms with E-state index in [4.69, 9.17) is 10.8 Å². The molecule has 0 spiro atoms. The molecule has 2 heterocycles. The van der Waals surface area contributed by atoms with Gasteiger partial charge < -0.3 is 10.8 Å². The molecule has 2 aromatic rings. The van der Waals surface area contributed by atoms with E-state index < -0.39 is 5.97 Å². The maximum atomic E-state index is 11.1. The van der Waals surface area contributed by atoms with Crippen molar-refractivity contribution in [3.8, 4) is 0 Å². The van der Waals surface area contributed by atoms with Gasteiger partial charge in [0.1, 0.15) is 9.71 Å². The summed E-state index contributed by atoms with van der Waals surface area (Å²) >= 11 is 1.18. The normalized spacial score (nSPS) is 14.7. The molecular weight excluding hydrogens is 248 g/mol. The molecule has 1 aliphatic carbocycles. The number of nitrogen functional groups attached to an aromatic ring is 1. The van der Waals surface area contributed by atoms with Gasteiger partial charge in [-0.1, -0.05) is 0 Å². The molecular formula is C13H14N2O2S. The Balaban J connectivity index is 2.39. The number of aromatic carboxylic acids is 1. The second-order valence-electron chi connectivity index (χ2n) is 4.69. The molecule has 0 amide bonds. The Bertz CT molecular complexity index is 661. The van der Waals surface area contributed by atoms with Crippen LogP contribution >= 0.6 is 11.3 Å². The zero-order chi connectivity index (χ0) is 12.9. The van der Waals surface area contributed by atoms with Gasteiger partial charge in [0.25, 0.3) is 0 Å². The lowest BCUT2D eigenvalue weighted by Gasteiger charge is -2.18. The lowest BCUT2D eigenvalue weighted by atomic mass is 9.89. The van der Waals surface area contributed by atoms with Crippen LogP contribution in [-0.2, 0) is 12.8 Å². The van der Waals surface area contributed by atoms with Crippen LogP contribution in [-0.4, -0.2) is 16.1 Å². The maximum Gasteiger partial charge on any atom is 0.348 e. The van der Waals surface area contributed by atoms with Gasteiger partial charge in [0.2, 0.25) is 0 Å². The van der Waals surface area contributed by atoms with Crippen LogP contribution in [0.25, 0.3) is 10.2 Å². The van der Waals surface area contributed by atoms with E-state index in [-0.39, 0.29) is 4.88 Å². The van der Waals surface area contributed by atoms with Crippen LogP contribution in [0.3, 0.4) is 0 Å². The molecule has 94 valence electrons. The summed E-state index contributed by atoms with van der Waals surface area (Å²) in [4.78, 5) is 16.7. The van der Waals surface area contributed by atoms with Crippen LogP contribution in [0.1, 0.15) is 39.3 Å². The van der Waals surface area contributed by atoms with Gasteiger partial charge in [0.15, 0.2) is 0 Å². The van der Waals surface area contributed by atoms with Gasteiger partial charge in [-0.25, -0.2) is 9.78 Å². The molecule has 4 nitrogen and oxygen atoms in total. The molecule has 5 heteroatoms. The van der Waals surface area contributed by atoms with Gasteiger partial charge in [-0.3, -0.25) is 0 Å². The van der Waals surface area contributed by atoms with Crippen LogP contribution in [0.15, 0.2) is 0 Å². The summed E-state index contributed by atoms with van der Waals surface area (Å²) in [5.41, 5.74) is 9.92. The largest absolute Gasteiger partial charge is 0.477 e. The van der Waals surface area contributed by atoms with E-state index in [0.717, 1.165) is 35.2 Å². The zero-order valence-electron chi connectivity index (χ0n) is 10.1. The van der Waals surface area contributed by atoms with Gasteiger partial charge >= 0.3 is 5.97 Å². The Morgan fingerprint density at radius 2 is 2.00 bits per heavy atom. The summed E-state index contributed by atoms with van der Waals surface area (Å²) < 4.78 is 0. The molecule has 0 saturated carbocycles. The number of pyridine rings is 1. The van der Waals surface area contributed by atoms with Crippen molar-refractivity contribution in [3.63, 3.8) is 0 Å². The van der Waals surface area contributed by atoms with Gasteiger partial charge in [-0.15, -0.1) is 11.3 Å². The molecule has 0 unspecified atom stereocenters. The maximum absolute atomic E-state index is 11.1. The lowest BCUT2D eigenvalue weighted by Crippen LogP contribution is -2.07. The summed E-state index contributed by atoms with van der Waals surface area (Å²) in [7, 11) is 0. The van der Waals surface area contributed by atoms with E-state index in [9.17, 15) is 4.79 Å². The summed E-state index contributed by atoms with van der Waals surface area (Å²) in [6, 6.07) is 0. The summed E-state index contributed by atoms with van der Waals surface area (Å²) in [6.07, 6.45) is 4.33. The number of fused-ring (bicyclic) bond motifs is 3. The topological polar surface area (TPSA) is 76.2 Å². The molecule has 1 aliphatic rings. The molecule has 2 aromatic heterocycles. The Hall–Kier alpha value is -1.62. The number of hydrogen-bond acceptors (Lipinski definition) is 4. The second kappa shape index (κ2) is 3.95. The van der Waals surface area contributed by atoms with Crippen molar-refractivity contribution in [2.24, 2.45) is 0 Å². The van der Waals surface area contributed by atoms with E-state index in [1.54, 1.807) is 0 Å². The fourth-order valence-corrected chi connectivity index (χ4v) is 3.77. The Morgan fingerprint density at radius 3 is 2.67 bits per heavy atom. The summed E-state index contributed by atoms with van der Waals surface area (Å²) in [5, 5.41) is 10.0. The monoisotopic (exact) mass is 262 g/mol. The minimum absolute atomic E-state index is 0.218. The van der Waals surface area contributed by atoms with Gasteiger partial charge in [0, 0.05) is 11.1 Å². The predicted octanol–water partition coefficient (Wildman–Crippen LogP) is 2.76. The SMILES string of the molecule is Cc1nc2sc(C(=O)O)c(N)c2c2c1CCCC2. The van der Waals surface area contributed by atoms with Crippen LogP contribution < -0.4 is 5.73 Å². The van der Waals surface area contributed by atoms with Crippen LogP contribution in [0.5, 0.6) is 0 Å². The number of nitrogens with two attached hydrogens (primary N) is 1. The fourth-order valence-electron chi connectivity index (χ4n) is 2.76. The van der Waals surface area contributed by atoms with E-state index in [2.05, 4.69) is 4.98 Å². The number of anilines is 1. The van der Waals surface area contributed by atoms with E-state index in [0.29, 0.717) is 5.69 Å². The summed E-state index contributed by atoms with van der Waals surface area (Å²) in [5.74, 6) is -0.960. The number of rotatable bonds is 1. The van der Waals surface area contributed by atoms with Crippen LogP contribution in [0, 0.1) is 6.92 Å². The molecule has 0 fully saturated rings. The number of aryl methyl sites for hydroxylation is 2. The standard InChI is InChI=1S/C13H14N2O2S/c1-6-7-4-2-3-5-8(7)9-10(14)11(13(16)17)18-12(9)15-6/h2-5,14H2,1H3,(H,16,17). The second-order valence-corrected chi connectivity index (χ2v) is 5.69. The molecule has 0 saturated heterocycles. The van der Waals surface area contributed by atoms with Crippen molar-refractivity contribution < 1.29 is 9.90 Å². The quantitative estimate of drug-likeness (QED) is 0.828. The highest BCUT2D eigenvalue weighted by molar-refractivity contribution is 7.21. The van der Waals surface area contributed by atoms with Crippen molar-refractivity contribution >= 4 is 33.2 Å². The number of carbonyl (C=O) groups is 1. The minimum atomic E-state index is -0.960. The summed E-state index contributed by atoms with van der Waals surface area (Å²) in [6.45, 7) is 2.00. The molecule has 18 heavy (non-hydrogen) atoms. The van der Waals surface area contributed by atoms with Gasteiger partial charge in [0.05, 0.1) is 5.69 Å². The number of carboxylic acids is 1. The van der Waals surface area contributed by atoms with Crippen molar-refractivity contribution in [3.05, 3.63) is 21.7 Å². The zero-order valence-corrected chi connectivity index (χ0v) is 10.9. The van der Waals surface area contributed by atoms with Crippen molar-refractivity contribution in [1.82, 2.24) is 4.98 Å². The predicted molar refractivity (Wildman–Crippen MR) is 72.4 cm³/mol. The highest BCUT2D eigenvalue weighted by Crippen LogP contribution is 2.39. The Kier molecular flexibility index (Phi) is 2.52. The number of hydrogen-bond donors (Lipinski definition) is 2. The van der Waals surface area contributed by atoms with E-state index in [1.165, 1.54) is 28.9 Å². The van der Waals surface area contributed by atoms with E-state index in [1.807, 2.05) is 6.92 Å². The first-order chi connectivity index (χ1) is 8.59. The van der Waals surface area contributed by atoms with Gasteiger partial charge in [-0.05, 0) is 43.7 Å². The number of carboxylic acid groups (broad SMARTS) is 1. The Labute approximate surface area is 108 Å². The molecule has 3 N–H and O–H groups in total. The van der Waals surface area contributed by atoms with Crippen molar-refractivity contribution in [2.45, 2.75) is 32.6 Å². The highest BCUT2D eigenvalue weighted by Gasteiger charge is 2.23. The number of nitrogens with zero attached hydrogens (tertiary/aromatic N) is 1. The first kappa shape index (κ1) is 11.5. The van der Waals surface area contributed by atoms with Gasteiger partial charge in [-0.2, -0.15) is 0 Å². The smallest absolute Gasteiger partial charge is 0.348 e. The average molecular weight is 262 g/mol. The molecule has 0 radical (unpaired) electrons. The first-order valence-corrected chi connectivity index (χ1v) is 6.85. The fraction of sp³-hybridized carbons (Fsp3) is 0.385. The Morgan fingerprint density at radius 1 is 1.33 bits per heavy atom. The molecule has 0 bridgehead atoms. The third-order valence-corrected chi connectivity index (χ3v) is 4.68. The number of thiophene rings is 1. The first-order valence-electron chi connectivity index (χ1n) is 6.03. The van der Waals surface area contributed by atoms with Crippen LogP contribution in [0.2, 0.25) is 0 Å². The third kappa shape index (κ3) is 1.50. The van der Waals surface area contributed by atoms with Crippen LogP contribution in [0.4, 0.5) is 5.69 Å². The highest BCUT2D eigenvalue weighted by atomic mass is 32.1. The molecule has 0 aliphatic heterocycles. The lowest BCUT2D eigenvalue weighted by molar-refractivity contribution is 0.0703. The molecule has 3 rings (SSSR count). The van der Waals surface area contributed by atoms with Crippen molar-refractivity contribution in [2.75, 3.05) is 5.73 Å². The molecule has 0 aromatic carbocycles. The minimum Gasteiger partial charge on any atom is -0.477 e. The average Bonchev–Trinajstić information content (AvgIpc) is 2.67. The molecule has 0 atom stereocenters.